The number of aromatic nitrogens is 2. The maximum absolute atomic E-state index is 6.33. The second-order valence-corrected chi connectivity index (χ2v) is 6.53. The van der Waals surface area contributed by atoms with Crippen LogP contribution in [0.5, 0.6) is 0 Å². The van der Waals surface area contributed by atoms with Gasteiger partial charge in [0.15, 0.2) is 0 Å². The highest BCUT2D eigenvalue weighted by atomic mass is 35.5. The summed E-state index contributed by atoms with van der Waals surface area (Å²) in [4.78, 5) is 4.62. The number of hydrogen-bond acceptors (Lipinski definition) is 2. The Hall–Kier alpha value is -0.770. The molecule has 0 N–H and O–H groups in total. The van der Waals surface area contributed by atoms with Crippen LogP contribution < -0.4 is 0 Å². The lowest BCUT2D eigenvalue weighted by Gasteiger charge is -2.12. The van der Waals surface area contributed by atoms with E-state index in [4.69, 9.17) is 27.9 Å². The molecule has 0 saturated heterocycles. The maximum Gasteiger partial charge on any atom is 0.127 e. The van der Waals surface area contributed by atoms with E-state index in [1.165, 1.54) is 0 Å². The molecule has 0 saturated carbocycles. The molecule has 21 heavy (non-hydrogen) atoms. The van der Waals surface area contributed by atoms with Crippen LogP contribution in [0.2, 0.25) is 5.02 Å². The smallest absolute Gasteiger partial charge is 0.127 e. The van der Waals surface area contributed by atoms with Crippen molar-refractivity contribution in [1.82, 2.24) is 9.55 Å². The number of fused-ring (bicyclic) bond motifs is 1. The first-order chi connectivity index (χ1) is 10.0. The van der Waals surface area contributed by atoms with Gasteiger partial charge in [0.1, 0.15) is 5.82 Å². The number of nitrogens with zero attached hydrogens (tertiary/aromatic N) is 2. The summed E-state index contributed by atoms with van der Waals surface area (Å²) in [7, 11) is 0. The van der Waals surface area contributed by atoms with E-state index in [-0.39, 0.29) is 11.5 Å². The molecule has 3 nitrogen and oxygen atoms in total. The van der Waals surface area contributed by atoms with Gasteiger partial charge < -0.3 is 9.30 Å². The molecular formula is C16H22Cl2N2O. The fourth-order valence-electron chi connectivity index (χ4n) is 2.38. The van der Waals surface area contributed by atoms with Crippen molar-refractivity contribution in [2.45, 2.75) is 51.6 Å². The Morgan fingerprint density at radius 1 is 1.24 bits per heavy atom. The van der Waals surface area contributed by atoms with Crippen LogP contribution in [0.4, 0.5) is 0 Å². The van der Waals surface area contributed by atoms with Gasteiger partial charge in [0.25, 0.3) is 0 Å². The minimum Gasteiger partial charge on any atom is -0.379 e. The molecule has 0 aliphatic carbocycles. The van der Waals surface area contributed by atoms with Crippen molar-refractivity contribution < 1.29 is 4.74 Å². The predicted molar refractivity (Wildman–Crippen MR) is 89.3 cm³/mol. The van der Waals surface area contributed by atoms with E-state index in [1.54, 1.807) is 0 Å². The summed E-state index contributed by atoms with van der Waals surface area (Å²) in [5.41, 5.74) is 1.88. The van der Waals surface area contributed by atoms with Crippen molar-refractivity contribution in [1.29, 1.82) is 0 Å². The van der Waals surface area contributed by atoms with E-state index >= 15 is 0 Å². The molecule has 0 radical (unpaired) electrons. The molecule has 0 spiro atoms. The molecule has 0 fully saturated rings. The number of para-hydroxylation sites is 1. The van der Waals surface area contributed by atoms with E-state index in [0.29, 0.717) is 0 Å². The number of imidazole rings is 1. The SMILES string of the molecule is CC(C)OCCCCn1c(C(C)Cl)nc2cccc(Cl)c21. The first kappa shape index (κ1) is 16.6. The molecule has 2 rings (SSSR count). The fourth-order valence-corrected chi connectivity index (χ4v) is 2.82. The normalized spacial score (nSPS) is 13.2. The van der Waals surface area contributed by atoms with Crippen LogP contribution in [-0.4, -0.2) is 22.3 Å². The lowest BCUT2D eigenvalue weighted by Crippen LogP contribution is -2.08. The Bertz CT molecular complexity index is 593. The molecule has 5 heteroatoms. The van der Waals surface area contributed by atoms with E-state index in [9.17, 15) is 0 Å². The van der Waals surface area contributed by atoms with Gasteiger partial charge in [0.05, 0.1) is 27.5 Å². The number of benzene rings is 1. The number of halogens is 2. The first-order valence-corrected chi connectivity index (χ1v) is 8.22. The van der Waals surface area contributed by atoms with Gasteiger partial charge in [0, 0.05) is 13.2 Å². The summed E-state index contributed by atoms with van der Waals surface area (Å²) in [5, 5.41) is 0.586. The van der Waals surface area contributed by atoms with E-state index in [0.717, 1.165) is 47.9 Å². The molecule has 2 aromatic rings. The Morgan fingerprint density at radius 3 is 2.67 bits per heavy atom. The molecule has 0 aliphatic rings. The van der Waals surface area contributed by atoms with Gasteiger partial charge in [0.2, 0.25) is 0 Å². The Balaban J connectivity index is 2.15. The fraction of sp³-hybridized carbons (Fsp3) is 0.562. The van der Waals surface area contributed by atoms with Crippen molar-refractivity contribution >= 4 is 34.2 Å². The number of ether oxygens (including phenoxy) is 1. The molecule has 1 aromatic heterocycles. The first-order valence-electron chi connectivity index (χ1n) is 7.41. The van der Waals surface area contributed by atoms with E-state index in [2.05, 4.69) is 23.4 Å². The standard InChI is InChI=1S/C16H22Cl2N2O/c1-11(2)21-10-5-4-9-20-15-13(18)7-6-8-14(15)19-16(20)12(3)17/h6-8,11-12H,4-5,9-10H2,1-3H3. The summed E-state index contributed by atoms with van der Waals surface area (Å²) >= 11 is 12.6. The van der Waals surface area contributed by atoms with Gasteiger partial charge in [-0.15, -0.1) is 11.6 Å². The third kappa shape index (κ3) is 4.12. The number of alkyl halides is 1. The van der Waals surface area contributed by atoms with Crippen LogP contribution in [0.3, 0.4) is 0 Å². The Kier molecular flexibility index (Phi) is 5.91. The number of aryl methyl sites for hydroxylation is 1. The lowest BCUT2D eigenvalue weighted by atomic mass is 10.3. The average Bonchev–Trinajstić information content (AvgIpc) is 2.78. The van der Waals surface area contributed by atoms with Crippen LogP contribution in [0, 0.1) is 0 Å². The average molecular weight is 329 g/mol. The molecular weight excluding hydrogens is 307 g/mol. The van der Waals surface area contributed by atoms with Crippen LogP contribution in [-0.2, 0) is 11.3 Å². The minimum absolute atomic E-state index is 0.139. The summed E-state index contributed by atoms with van der Waals surface area (Å²) in [6.45, 7) is 7.68. The maximum atomic E-state index is 6.33. The number of hydrogen-bond donors (Lipinski definition) is 0. The highest BCUT2D eigenvalue weighted by molar-refractivity contribution is 6.35. The second kappa shape index (κ2) is 7.48. The van der Waals surface area contributed by atoms with Crippen molar-refractivity contribution in [2.24, 2.45) is 0 Å². The summed E-state index contributed by atoms with van der Waals surface area (Å²) in [6, 6.07) is 5.79. The van der Waals surface area contributed by atoms with Crippen molar-refractivity contribution in [3.05, 3.63) is 29.0 Å². The van der Waals surface area contributed by atoms with Gasteiger partial charge >= 0.3 is 0 Å². The van der Waals surface area contributed by atoms with Crippen molar-refractivity contribution in [3.8, 4) is 0 Å². The van der Waals surface area contributed by atoms with Gasteiger partial charge in [-0.05, 0) is 45.7 Å². The Morgan fingerprint density at radius 2 is 2.00 bits per heavy atom. The zero-order valence-electron chi connectivity index (χ0n) is 12.8. The van der Waals surface area contributed by atoms with Crippen molar-refractivity contribution in [3.63, 3.8) is 0 Å². The zero-order chi connectivity index (χ0) is 15.4. The van der Waals surface area contributed by atoms with Crippen molar-refractivity contribution in [2.75, 3.05) is 6.61 Å². The molecule has 1 heterocycles. The number of unbranched alkanes of at least 4 members (excludes halogenated alkanes) is 1. The molecule has 0 aliphatic heterocycles. The highest BCUT2D eigenvalue weighted by Gasteiger charge is 2.16. The molecule has 1 atom stereocenters. The summed E-state index contributed by atoms with van der Waals surface area (Å²) < 4.78 is 7.72. The van der Waals surface area contributed by atoms with E-state index in [1.807, 2.05) is 25.1 Å². The van der Waals surface area contributed by atoms with Gasteiger partial charge in [-0.3, -0.25) is 0 Å². The third-order valence-electron chi connectivity index (χ3n) is 3.33. The second-order valence-electron chi connectivity index (χ2n) is 5.47. The highest BCUT2D eigenvalue weighted by Crippen LogP contribution is 2.29. The van der Waals surface area contributed by atoms with Gasteiger partial charge in [-0.25, -0.2) is 4.98 Å². The molecule has 0 bridgehead atoms. The van der Waals surface area contributed by atoms with E-state index < -0.39 is 0 Å². The van der Waals surface area contributed by atoms with Gasteiger partial charge in [-0.1, -0.05) is 17.7 Å². The largest absolute Gasteiger partial charge is 0.379 e. The van der Waals surface area contributed by atoms with Gasteiger partial charge in [-0.2, -0.15) is 0 Å². The monoisotopic (exact) mass is 328 g/mol. The molecule has 1 unspecified atom stereocenters. The van der Waals surface area contributed by atoms with Crippen LogP contribution in [0.25, 0.3) is 11.0 Å². The predicted octanol–water partition coefficient (Wildman–Crippen LogP) is 5.19. The minimum atomic E-state index is -0.139. The van der Waals surface area contributed by atoms with Crippen LogP contribution >= 0.6 is 23.2 Å². The summed E-state index contributed by atoms with van der Waals surface area (Å²) in [5.74, 6) is 0.879. The quantitative estimate of drug-likeness (QED) is 0.516. The zero-order valence-corrected chi connectivity index (χ0v) is 14.3. The van der Waals surface area contributed by atoms with Crippen LogP contribution in [0.1, 0.15) is 44.8 Å². The Labute approximate surface area is 136 Å². The molecule has 1 aromatic carbocycles. The topological polar surface area (TPSA) is 27.1 Å². The molecule has 0 amide bonds. The lowest BCUT2D eigenvalue weighted by molar-refractivity contribution is 0.0754. The van der Waals surface area contributed by atoms with Crippen LogP contribution in [0.15, 0.2) is 18.2 Å². The third-order valence-corrected chi connectivity index (χ3v) is 3.83. The summed E-state index contributed by atoms with van der Waals surface area (Å²) in [6.07, 6.45) is 2.31. The number of rotatable bonds is 7. The molecule has 116 valence electrons.